The third-order valence-electron chi connectivity index (χ3n) is 4.33. The van der Waals surface area contributed by atoms with Crippen LogP contribution in [-0.2, 0) is 28.8 Å². The average Bonchev–Trinajstić information content (AvgIpc) is 2.68. The molecule has 188 valence electrons. The lowest BCUT2D eigenvalue weighted by Crippen LogP contribution is -2.57. The maximum atomic E-state index is 12.9. The largest absolute Gasteiger partial charge is 0.481 e. The molecule has 0 aliphatic carbocycles. The van der Waals surface area contributed by atoms with Crippen molar-refractivity contribution >= 4 is 47.3 Å². The number of hydrogen-bond donors (Lipinski definition) is 7. The number of primary amides is 1. The van der Waals surface area contributed by atoms with E-state index in [1.165, 1.54) is 11.8 Å². The summed E-state index contributed by atoms with van der Waals surface area (Å²) in [5.41, 5.74) is 10.6. The fourth-order valence-corrected chi connectivity index (χ4v) is 3.18. The van der Waals surface area contributed by atoms with E-state index >= 15 is 0 Å². The van der Waals surface area contributed by atoms with Crippen LogP contribution >= 0.6 is 11.8 Å². The summed E-state index contributed by atoms with van der Waals surface area (Å²) in [4.78, 5) is 70.9. The Bertz CT molecular complexity index is 733. The number of nitrogens with one attached hydrogen (secondary N) is 3. The van der Waals surface area contributed by atoms with Crippen molar-refractivity contribution in [3.63, 3.8) is 0 Å². The minimum absolute atomic E-state index is 0.0535. The molecule has 0 rings (SSSR count). The highest BCUT2D eigenvalue weighted by molar-refractivity contribution is 7.98. The Hall–Kier alpha value is -2.87. The molecular weight excluding hydrogens is 458 g/mol. The molecule has 4 amide bonds. The second kappa shape index (κ2) is 15.1. The number of thioether (sulfide) groups is 1. The van der Waals surface area contributed by atoms with E-state index in [-0.39, 0.29) is 18.8 Å². The third kappa shape index (κ3) is 12.7. The smallest absolute Gasteiger partial charge is 0.326 e. The van der Waals surface area contributed by atoms with Gasteiger partial charge in [0.05, 0.1) is 18.9 Å². The number of aliphatic carboxylic acids is 2. The summed E-state index contributed by atoms with van der Waals surface area (Å²) in [6.45, 7) is 3.59. The predicted octanol–water partition coefficient (Wildman–Crippen LogP) is -2.00. The lowest BCUT2D eigenvalue weighted by molar-refractivity contribution is -0.143. The standard InChI is InChI=1S/C19H33N5O8S/c1-9(2)6-12(23-16(28)10(20)7-15(26)27)18(30)22-11(4-5-33-3)17(29)24-13(19(31)32)8-14(21)25/h9-13H,4-8,20H2,1-3H3,(H2,21,25)(H,22,30)(H,23,28)(H,24,29)(H,26,27)(H,31,32). The van der Waals surface area contributed by atoms with E-state index < -0.39 is 72.6 Å². The molecule has 0 heterocycles. The van der Waals surface area contributed by atoms with E-state index in [0.29, 0.717) is 5.75 Å². The van der Waals surface area contributed by atoms with Crippen LogP contribution in [0, 0.1) is 5.92 Å². The van der Waals surface area contributed by atoms with E-state index in [4.69, 9.17) is 16.6 Å². The zero-order valence-electron chi connectivity index (χ0n) is 18.8. The van der Waals surface area contributed by atoms with Gasteiger partial charge in [-0.3, -0.25) is 24.0 Å². The Morgan fingerprint density at radius 2 is 1.36 bits per heavy atom. The number of rotatable bonds is 16. The van der Waals surface area contributed by atoms with Gasteiger partial charge >= 0.3 is 11.9 Å². The molecule has 0 fully saturated rings. The SMILES string of the molecule is CSCCC(NC(=O)C(CC(C)C)NC(=O)C(N)CC(=O)O)C(=O)NC(CC(N)=O)C(=O)O. The second-order valence-corrected chi connectivity index (χ2v) is 8.79. The van der Waals surface area contributed by atoms with E-state index in [9.17, 15) is 33.9 Å². The zero-order chi connectivity index (χ0) is 25.7. The fourth-order valence-electron chi connectivity index (χ4n) is 2.71. The summed E-state index contributed by atoms with van der Waals surface area (Å²) < 4.78 is 0. The summed E-state index contributed by atoms with van der Waals surface area (Å²) in [5, 5.41) is 25.1. The van der Waals surface area contributed by atoms with Gasteiger partial charge in [-0.25, -0.2) is 4.79 Å². The van der Waals surface area contributed by atoms with Crippen LogP contribution < -0.4 is 27.4 Å². The highest BCUT2D eigenvalue weighted by Gasteiger charge is 2.31. The van der Waals surface area contributed by atoms with Gasteiger partial charge in [-0.15, -0.1) is 0 Å². The third-order valence-corrected chi connectivity index (χ3v) is 4.98. The molecule has 0 saturated carbocycles. The topological polar surface area (TPSA) is 231 Å². The minimum atomic E-state index is -1.57. The first-order chi connectivity index (χ1) is 15.3. The number of hydrogen-bond acceptors (Lipinski definition) is 8. The summed E-state index contributed by atoms with van der Waals surface area (Å²) >= 11 is 1.39. The lowest BCUT2D eigenvalue weighted by Gasteiger charge is -2.25. The van der Waals surface area contributed by atoms with E-state index in [1.54, 1.807) is 20.1 Å². The van der Waals surface area contributed by atoms with Gasteiger partial charge in [0.15, 0.2) is 0 Å². The Kier molecular flexibility index (Phi) is 13.7. The molecule has 4 unspecified atom stereocenters. The molecule has 0 bridgehead atoms. The van der Waals surface area contributed by atoms with Crippen LogP contribution in [-0.4, -0.2) is 82.0 Å². The van der Waals surface area contributed by atoms with Crippen molar-refractivity contribution in [2.45, 2.75) is 63.7 Å². The molecule has 14 heteroatoms. The molecule has 33 heavy (non-hydrogen) atoms. The molecule has 4 atom stereocenters. The number of carboxylic acid groups (broad SMARTS) is 2. The molecule has 0 saturated heterocycles. The molecule has 13 nitrogen and oxygen atoms in total. The number of carboxylic acids is 2. The number of carbonyl (C=O) groups is 6. The van der Waals surface area contributed by atoms with Crippen molar-refractivity contribution in [1.29, 1.82) is 0 Å². The minimum Gasteiger partial charge on any atom is -0.481 e. The van der Waals surface area contributed by atoms with Gasteiger partial charge in [-0.2, -0.15) is 11.8 Å². The van der Waals surface area contributed by atoms with E-state index in [1.807, 2.05) is 0 Å². The number of amides is 4. The molecule has 0 aromatic heterocycles. The van der Waals surface area contributed by atoms with Gasteiger partial charge < -0.3 is 37.6 Å². The molecule has 0 spiro atoms. The second-order valence-electron chi connectivity index (χ2n) is 7.81. The van der Waals surface area contributed by atoms with Gasteiger partial charge in [0, 0.05) is 0 Å². The Balaban J connectivity index is 5.49. The zero-order valence-corrected chi connectivity index (χ0v) is 19.6. The Morgan fingerprint density at radius 3 is 1.82 bits per heavy atom. The van der Waals surface area contributed by atoms with Crippen LogP contribution in [0.1, 0.15) is 39.5 Å². The van der Waals surface area contributed by atoms with Crippen LogP contribution in [0.25, 0.3) is 0 Å². The van der Waals surface area contributed by atoms with E-state index in [0.717, 1.165) is 0 Å². The average molecular weight is 492 g/mol. The maximum absolute atomic E-state index is 12.9. The highest BCUT2D eigenvalue weighted by Crippen LogP contribution is 2.08. The first-order valence-electron chi connectivity index (χ1n) is 10.2. The van der Waals surface area contributed by atoms with Crippen molar-refractivity contribution in [3.05, 3.63) is 0 Å². The maximum Gasteiger partial charge on any atom is 0.326 e. The van der Waals surface area contributed by atoms with Crippen molar-refractivity contribution in [3.8, 4) is 0 Å². The van der Waals surface area contributed by atoms with Crippen molar-refractivity contribution in [2.75, 3.05) is 12.0 Å². The van der Waals surface area contributed by atoms with Crippen LogP contribution in [0.2, 0.25) is 0 Å². The Labute approximate surface area is 195 Å². The van der Waals surface area contributed by atoms with Crippen LogP contribution in [0.5, 0.6) is 0 Å². The molecule has 0 aromatic rings. The quantitative estimate of drug-likeness (QED) is 0.125. The fraction of sp³-hybridized carbons (Fsp3) is 0.684. The molecule has 9 N–H and O–H groups in total. The highest BCUT2D eigenvalue weighted by atomic mass is 32.2. The molecule has 0 radical (unpaired) electrons. The summed E-state index contributed by atoms with van der Waals surface area (Å²) in [6.07, 6.45) is 0.834. The number of nitrogens with two attached hydrogens (primary N) is 2. The van der Waals surface area contributed by atoms with Crippen molar-refractivity contribution in [2.24, 2.45) is 17.4 Å². The van der Waals surface area contributed by atoms with Crippen molar-refractivity contribution in [1.82, 2.24) is 16.0 Å². The number of carbonyl (C=O) groups excluding carboxylic acids is 4. The molecule has 0 aromatic carbocycles. The van der Waals surface area contributed by atoms with Gasteiger partial charge in [-0.05, 0) is 30.8 Å². The van der Waals surface area contributed by atoms with Gasteiger partial charge in [0.2, 0.25) is 23.6 Å². The molecule has 0 aliphatic heterocycles. The monoisotopic (exact) mass is 491 g/mol. The van der Waals surface area contributed by atoms with Crippen LogP contribution in [0.4, 0.5) is 0 Å². The van der Waals surface area contributed by atoms with Crippen LogP contribution in [0.3, 0.4) is 0 Å². The van der Waals surface area contributed by atoms with Gasteiger partial charge in [-0.1, -0.05) is 13.8 Å². The molecule has 0 aliphatic rings. The van der Waals surface area contributed by atoms with Gasteiger partial charge in [0.1, 0.15) is 18.1 Å². The van der Waals surface area contributed by atoms with Crippen molar-refractivity contribution < 1.29 is 39.0 Å². The summed E-state index contributed by atoms with van der Waals surface area (Å²) in [7, 11) is 0. The predicted molar refractivity (Wildman–Crippen MR) is 120 cm³/mol. The summed E-state index contributed by atoms with van der Waals surface area (Å²) in [5.74, 6) is -5.67. The first-order valence-corrected chi connectivity index (χ1v) is 11.6. The summed E-state index contributed by atoms with van der Waals surface area (Å²) in [6, 6.07) is -5.20. The van der Waals surface area contributed by atoms with Crippen LogP contribution in [0.15, 0.2) is 0 Å². The van der Waals surface area contributed by atoms with Gasteiger partial charge in [0.25, 0.3) is 0 Å². The lowest BCUT2D eigenvalue weighted by atomic mass is 10.0. The first kappa shape index (κ1) is 30.1. The molecular formula is C19H33N5O8S. The Morgan fingerprint density at radius 1 is 0.848 bits per heavy atom. The van der Waals surface area contributed by atoms with E-state index in [2.05, 4.69) is 16.0 Å². The normalized spacial score (nSPS) is 14.5.